The minimum atomic E-state index is -0.102. The van der Waals surface area contributed by atoms with Crippen LogP contribution >= 0.6 is 31.9 Å². The number of hydrogen-bond donors (Lipinski definition) is 0. The predicted molar refractivity (Wildman–Crippen MR) is 68.4 cm³/mol. The van der Waals surface area contributed by atoms with Crippen LogP contribution in [0.25, 0.3) is 0 Å². The Morgan fingerprint density at radius 3 is 2.53 bits per heavy atom. The van der Waals surface area contributed by atoms with Crippen LogP contribution in [0.4, 0.5) is 0 Å². The van der Waals surface area contributed by atoms with Gasteiger partial charge in [0.2, 0.25) is 5.90 Å². The third-order valence-electron chi connectivity index (χ3n) is 2.13. The highest BCUT2D eigenvalue weighted by atomic mass is 79.9. The standard InChI is InChI=1S/C11H11Br2NO/c1-11(2)6-15-10(14-11)7-3-4-8(12)9(13)5-7/h3-5H,6H2,1-2H3. The molecule has 1 aromatic carbocycles. The molecule has 0 saturated carbocycles. The van der Waals surface area contributed by atoms with Crippen LogP contribution in [0.15, 0.2) is 32.1 Å². The minimum absolute atomic E-state index is 0.102. The second kappa shape index (κ2) is 3.91. The van der Waals surface area contributed by atoms with Crippen molar-refractivity contribution in [3.05, 3.63) is 32.7 Å². The quantitative estimate of drug-likeness (QED) is 0.767. The van der Waals surface area contributed by atoms with E-state index in [9.17, 15) is 0 Å². The summed E-state index contributed by atoms with van der Waals surface area (Å²) in [5.41, 5.74) is 0.908. The zero-order valence-electron chi connectivity index (χ0n) is 8.55. The van der Waals surface area contributed by atoms with Crippen LogP contribution < -0.4 is 0 Å². The fourth-order valence-electron chi connectivity index (χ4n) is 1.36. The van der Waals surface area contributed by atoms with E-state index in [1.165, 1.54) is 0 Å². The van der Waals surface area contributed by atoms with Crippen molar-refractivity contribution in [2.45, 2.75) is 19.4 Å². The molecule has 4 heteroatoms. The van der Waals surface area contributed by atoms with Crippen LogP contribution in [0.1, 0.15) is 19.4 Å². The van der Waals surface area contributed by atoms with Crippen LogP contribution in [0.2, 0.25) is 0 Å². The summed E-state index contributed by atoms with van der Waals surface area (Å²) in [5, 5.41) is 0. The normalized spacial score (nSPS) is 18.5. The molecule has 1 aliphatic heterocycles. The molecule has 1 aliphatic rings. The number of nitrogens with zero attached hydrogens (tertiary/aromatic N) is 1. The van der Waals surface area contributed by atoms with Crippen molar-refractivity contribution in [3.8, 4) is 0 Å². The molecule has 80 valence electrons. The van der Waals surface area contributed by atoms with Crippen molar-refractivity contribution >= 4 is 37.8 Å². The molecule has 0 radical (unpaired) electrons. The number of benzene rings is 1. The molecule has 0 unspecified atom stereocenters. The molecule has 0 aromatic heterocycles. The average Bonchev–Trinajstić information content (AvgIpc) is 2.51. The molecule has 0 fully saturated rings. The monoisotopic (exact) mass is 331 g/mol. The van der Waals surface area contributed by atoms with Crippen molar-refractivity contribution in [2.75, 3.05) is 6.61 Å². The van der Waals surface area contributed by atoms with Crippen LogP contribution in [-0.2, 0) is 4.74 Å². The van der Waals surface area contributed by atoms with Gasteiger partial charge in [0, 0.05) is 14.5 Å². The van der Waals surface area contributed by atoms with Crippen LogP contribution in [0.3, 0.4) is 0 Å². The molecule has 0 N–H and O–H groups in total. The fraction of sp³-hybridized carbons (Fsp3) is 0.364. The molecule has 0 spiro atoms. The van der Waals surface area contributed by atoms with Crippen molar-refractivity contribution in [1.82, 2.24) is 0 Å². The summed E-state index contributed by atoms with van der Waals surface area (Å²) in [6, 6.07) is 5.98. The first-order valence-corrected chi connectivity index (χ1v) is 6.25. The first-order chi connectivity index (χ1) is 6.98. The second-order valence-electron chi connectivity index (χ2n) is 4.15. The fourth-order valence-corrected chi connectivity index (χ4v) is 1.99. The molecule has 1 aromatic rings. The highest BCUT2D eigenvalue weighted by Gasteiger charge is 2.27. The number of ether oxygens (including phenoxy) is 1. The zero-order valence-corrected chi connectivity index (χ0v) is 11.7. The van der Waals surface area contributed by atoms with Crippen molar-refractivity contribution in [3.63, 3.8) is 0 Å². The Hall–Kier alpha value is -0.350. The number of rotatable bonds is 1. The summed E-state index contributed by atoms with van der Waals surface area (Å²) >= 11 is 6.90. The Bertz CT molecular complexity index is 427. The molecule has 0 amide bonds. The Morgan fingerprint density at radius 1 is 1.27 bits per heavy atom. The summed E-state index contributed by atoms with van der Waals surface area (Å²) in [5.74, 6) is 0.730. The smallest absolute Gasteiger partial charge is 0.216 e. The lowest BCUT2D eigenvalue weighted by atomic mass is 10.1. The van der Waals surface area contributed by atoms with Crippen LogP contribution in [0, 0.1) is 0 Å². The Kier molecular flexibility index (Phi) is 2.90. The van der Waals surface area contributed by atoms with Gasteiger partial charge in [-0.05, 0) is 63.9 Å². The zero-order chi connectivity index (χ0) is 11.1. The van der Waals surface area contributed by atoms with Gasteiger partial charge in [-0.2, -0.15) is 0 Å². The Morgan fingerprint density at radius 2 is 2.00 bits per heavy atom. The summed E-state index contributed by atoms with van der Waals surface area (Å²) in [6.07, 6.45) is 0. The van der Waals surface area contributed by atoms with Gasteiger partial charge in [-0.1, -0.05) is 0 Å². The van der Waals surface area contributed by atoms with Gasteiger partial charge in [-0.25, -0.2) is 4.99 Å². The largest absolute Gasteiger partial charge is 0.475 e. The van der Waals surface area contributed by atoms with Gasteiger partial charge in [0.15, 0.2) is 0 Å². The number of aliphatic imine (C=N–C) groups is 1. The molecular weight excluding hydrogens is 322 g/mol. The van der Waals surface area contributed by atoms with E-state index in [0.717, 1.165) is 20.4 Å². The number of hydrogen-bond acceptors (Lipinski definition) is 2. The maximum atomic E-state index is 5.56. The van der Waals surface area contributed by atoms with Gasteiger partial charge < -0.3 is 4.74 Å². The molecule has 0 saturated heterocycles. The summed E-state index contributed by atoms with van der Waals surface area (Å²) in [6.45, 7) is 4.78. The first-order valence-electron chi connectivity index (χ1n) is 4.66. The third kappa shape index (κ3) is 2.42. The molecular formula is C11H11Br2NO. The second-order valence-corrected chi connectivity index (χ2v) is 5.86. The van der Waals surface area contributed by atoms with Gasteiger partial charge in [0.05, 0.1) is 5.54 Å². The Balaban J connectivity index is 2.36. The topological polar surface area (TPSA) is 21.6 Å². The third-order valence-corrected chi connectivity index (χ3v) is 4.01. The van der Waals surface area contributed by atoms with E-state index in [1.54, 1.807) is 0 Å². The van der Waals surface area contributed by atoms with Gasteiger partial charge in [0.25, 0.3) is 0 Å². The van der Waals surface area contributed by atoms with Gasteiger partial charge >= 0.3 is 0 Å². The molecule has 0 aliphatic carbocycles. The van der Waals surface area contributed by atoms with Gasteiger partial charge in [-0.3, -0.25) is 0 Å². The van der Waals surface area contributed by atoms with Crippen LogP contribution in [0.5, 0.6) is 0 Å². The molecule has 0 bridgehead atoms. The SMILES string of the molecule is CC1(C)COC(c2ccc(Br)c(Br)c2)=N1. The summed E-state index contributed by atoms with van der Waals surface area (Å²) in [4.78, 5) is 4.52. The molecule has 1 heterocycles. The average molecular weight is 333 g/mol. The lowest BCUT2D eigenvalue weighted by molar-refractivity contribution is 0.279. The lowest BCUT2D eigenvalue weighted by Crippen LogP contribution is -2.17. The summed E-state index contributed by atoms with van der Waals surface area (Å²) in [7, 11) is 0. The first kappa shape index (κ1) is 11.1. The maximum absolute atomic E-state index is 5.56. The Labute approximate surface area is 106 Å². The molecule has 2 nitrogen and oxygen atoms in total. The van der Waals surface area contributed by atoms with Gasteiger partial charge in [-0.15, -0.1) is 0 Å². The molecule has 2 rings (SSSR count). The van der Waals surface area contributed by atoms with E-state index in [0.29, 0.717) is 6.61 Å². The highest BCUT2D eigenvalue weighted by Crippen LogP contribution is 2.26. The molecule has 15 heavy (non-hydrogen) atoms. The highest BCUT2D eigenvalue weighted by molar-refractivity contribution is 9.13. The lowest BCUT2D eigenvalue weighted by Gasteiger charge is -2.07. The predicted octanol–water partition coefficient (Wildman–Crippen LogP) is 3.77. The van der Waals surface area contributed by atoms with E-state index < -0.39 is 0 Å². The van der Waals surface area contributed by atoms with E-state index in [-0.39, 0.29) is 5.54 Å². The van der Waals surface area contributed by atoms with E-state index >= 15 is 0 Å². The van der Waals surface area contributed by atoms with E-state index in [1.807, 2.05) is 18.2 Å². The minimum Gasteiger partial charge on any atom is -0.475 e. The molecule has 0 atom stereocenters. The van der Waals surface area contributed by atoms with E-state index in [2.05, 4.69) is 50.7 Å². The van der Waals surface area contributed by atoms with Crippen molar-refractivity contribution < 1.29 is 4.74 Å². The van der Waals surface area contributed by atoms with Crippen molar-refractivity contribution in [2.24, 2.45) is 4.99 Å². The van der Waals surface area contributed by atoms with E-state index in [4.69, 9.17) is 4.74 Å². The van der Waals surface area contributed by atoms with Crippen molar-refractivity contribution in [1.29, 1.82) is 0 Å². The van der Waals surface area contributed by atoms with Crippen LogP contribution in [-0.4, -0.2) is 18.0 Å². The maximum Gasteiger partial charge on any atom is 0.216 e. The summed E-state index contributed by atoms with van der Waals surface area (Å²) < 4.78 is 7.60. The van der Waals surface area contributed by atoms with Gasteiger partial charge in [0.1, 0.15) is 6.61 Å². The number of halogens is 2.